The van der Waals surface area contributed by atoms with Gasteiger partial charge in [-0.15, -0.1) is 0 Å². The van der Waals surface area contributed by atoms with Crippen LogP contribution in [0, 0.1) is 0 Å². The van der Waals surface area contributed by atoms with Gasteiger partial charge in [0.2, 0.25) is 0 Å². The Labute approximate surface area is 142 Å². The normalized spacial score (nSPS) is 12.0. The predicted octanol–water partition coefficient (Wildman–Crippen LogP) is 6.37. The Bertz CT molecular complexity index is 1050. The summed E-state index contributed by atoms with van der Waals surface area (Å²) in [6.07, 6.45) is 8.32. The van der Waals surface area contributed by atoms with E-state index < -0.39 is 0 Å². The fraction of sp³-hybridized carbons (Fsp3) is 0.0435. The van der Waals surface area contributed by atoms with Gasteiger partial charge in [0.25, 0.3) is 0 Å². The average Bonchev–Trinajstić information content (AvgIpc) is 2.97. The number of rotatable bonds is 3. The zero-order valence-electron chi connectivity index (χ0n) is 13.7. The summed E-state index contributed by atoms with van der Waals surface area (Å²) in [7, 11) is 0. The molecule has 1 nitrogen and oxygen atoms in total. The Morgan fingerprint density at radius 1 is 0.708 bits per heavy atom. The molecule has 0 amide bonds. The van der Waals surface area contributed by atoms with Crippen LogP contribution in [0.1, 0.15) is 12.5 Å². The van der Waals surface area contributed by atoms with Crippen LogP contribution >= 0.6 is 0 Å². The van der Waals surface area contributed by atoms with Crippen molar-refractivity contribution in [2.24, 2.45) is 0 Å². The highest BCUT2D eigenvalue weighted by Crippen LogP contribution is 2.32. The summed E-state index contributed by atoms with van der Waals surface area (Å²) < 4.78 is 2.34. The van der Waals surface area contributed by atoms with Crippen LogP contribution in [0.3, 0.4) is 0 Å². The molecule has 0 fully saturated rings. The first-order valence-electron chi connectivity index (χ1n) is 8.26. The zero-order chi connectivity index (χ0) is 16.4. The lowest BCUT2D eigenvalue weighted by atomic mass is 10.1. The molecule has 0 spiro atoms. The minimum absolute atomic E-state index is 1.20. The van der Waals surface area contributed by atoms with E-state index in [1.54, 1.807) is 0 Å². The molecule has 4 rings (SSSR count). The second kappa shape index (κ2) is 6.21. The van der Waals surface area contributed by atoms with E-state index in [4.69, 9.17) is 0 Å². The molecule has 0 unspecified atom stereocenters. The van der Waals surface area contributed by atoms with Crippen LogP contribution in [0.15, 0.2) is 91.0 Å². The minimum atomic E-state index is 1.20. The van der Waals surface area contributed by atoms with Crippen LogP contribution in [-0.2, 0) is 0 Å². The molecular weight excluding hydrogens is 290 g/mol. The topological polar surface area (TPSA) is 4.93 Å². The lowest BCUT2D eigenvalue weighted by molar-refractivity contribution is 1.18. The van der Waals surface area contributed by atoms with E-state index in [9.17, 15) is 0 Å². The van der Waals surface area contributed by atoms with Gasteiger partial charge in [-0.25, -0.2) is 0 Å². The van der Waals surface area contributed by atoms with E-state index in [0.29, 0.717) is 0 Å². The van der Waals surface area contributed by atoms with Crippen molar-refractivity contribution in [2.45, 2.75) is 6.92 Å². The molecular formula is C23H19N. The van der Waals surface area contributed by atoms with Crippen LogP contribution < -0.4 is 0 Å². The molecule has 0 aliphatic heterocycles. The molecule has 24 heavy (non-hydrogen) atoms. The summed E-state index contributed by atoms with van der Waals surface area (Å²) in [5, 5.41) is 2.58. The van der Waals surface area contributed by atoms with Crippen molar-refractivity contribution in [1.29, 1.82) is 0 Å². The van der Waals surface area contributed by atoms with E-state index in [2.05, 4.69) is 95.6 Å². The van der Waals surface area contributed by atoms with Crippen LogP contribution in [0.25, 0.3) is 33.6 Å². The van der Waals surface area contributed by atoms with Gasteiger partial charge in [0.1, 0.15) is 0 Å². The summed E-state index contributed by atoms with van der Waals surface area (Å²) in [4.78, 5) is 0. The molecule has 0 bridgehead atoms. The number of nitrogens with zero attached hydrogens (tertiary/aromatic N) is 1. The molecule has 0 saturated heterocycles. The highest BCUT2D eigenvalue weighted by molar-refractivity contribution is 6.09. The van der Waals surface area contributed by atoms with E-state index in [1.165, 1.54) is 33.1 Å². The average molecular weight is 309 g/mol. The number of benzene rings is 3. The summed E-state index contributed by atoms with van der Waals surface area (Å²) in [5.41, 5.74) is 4.90. The molecule has 116 valence electrons. The van der Waals surface area contributed by atoms with Gasteiger partial charge >= 0.3 is 0 Å². The maximum Gasteiger partial charge on any atom is 0.0541 e. The van der Waals surface area contributed by atoms with Gasteiger partial charge in [-0.05, 0) is 42.8 Å². The molecule has 1 aromatic heterocycles. The summed E-state index contributed by atoms with van der Waals surface area (Å²) in [6.45, 7) is 2.03. The third-order valence-corrected chi connectivity index (χ3v) is 4.30. The maximum absolute atomic E-state index is 2.34. The van der Waals surface area contributed by atoms with E-state index in [1.807, 2.05) is 13.0 Å². The predicted molar refractivity (Wildman–Crippen MR) is 105 cm³/mol. The molecule has 3 aromatic carbocycles. The number of hydrogen-bond acceptors (Lipinski definition) is 0. The molecule has 0 aliphatic rings. The fourth-order valence-corrected chi connectivity index (χ4v) is 3.23. The highest BCUT2D eigenvalue weighted by Gasteiger charge is 2.11. The fourth-order valence-electron chi connectivity index (χ4n) is 3.23. The van der Waals surface area contributed by atoms with Crippen molar-refractivity contribution >= 4 is 27.9 Å². The molecule has 0 aliphatic carbocycles. The Balaban J connectivity index is 2.01. The lowest BCUT2D eigenvalue weighted by Crippen LogP contribution is -1.92. The van der Waals surface area contributed by atoms with Crippen molar-refractivity contribution in [3.05, 3.63) is 96.6 Å². The van der Waals surface area contributed by atoms with E-state index >= 15 is 0 Å². The van der Waals surface area contributed by atoms with Gasteiger partial charge in [-0.2, -0.15) is 0 Å². The molecule has 1 heterocycles. The van der Waals surface area contributed by atoms with Crippen molar-refractivity contribution in [1.82, 2.24) is 4.57 Å². The van der Waals surface area contributed by atoms with Gasteiger partial charge in [0.15, 0.2) is 0 Å². The first-order chi connectivity index (χ1) is 11.9. The lowest BCUT2D eigenvalue weighted by Gasteiger charge is -2.07. The summed E-state index contributed by atoms with van der Waals surface area (Å²) >= 11 is 0. The monoisotopic (exact) mass is 309 g/mol. The van der Waals surface area contributed by atoms with Gasteiger partial charge in [-0.1, -0.05) is 66.8 Å². The molecule has 0 radical (unpaired) electrons. The second-order valence-electron chi connectivity index (χ2n) is 5.85. The first kappa shape index (κ1) is 14.5. The largest absolute Gasteiger partial charge is 0.309 e. The third-order valence-electron chi connectivity index (χ3n) is 4.30. The summed E-state index contributed by atoms with van der Waals surface area (Å²) in [5.74, 6) is 0. The van der Waals surface area contributed by atoms with Crippen LogP contribution in [0.5, 0.6) is 0 Å². The molecule has 0 saturated carbocycles. The third kappa shape index (κ3) is 2.44. The van der Waals surface area contributed by atoms with Gasteiger partial charge < -0.3 is 4.57 Å². The van der Waals surface area contributed by atoms with Crippen molar-refractivity contribution in [3.63, 3.8) is 0 Å². The Morgan fingerprint density at radius 3 is 2.29 bits per heavy atom. The molecule has 0 N–H and O–H groups in total. The SMILES string of the molecule is C/C=C\C=C/c1ccc2c(c1)c1ccccc1n2-c1ccccc1. The van der Waals surface area contributed by atoms with Crippen molar-refractivity contribution in [3.8, 4) is 5.69 Å². The van der Waals surface area contributed by atoms with Crippen LogP contribution in [0.4, 0.5) is 0 Å². The van der Waals surface area contributed by atoms with Crippen LogP contribution in [0.2, 0.25) is 0 Å². The quantitative estimate of drug-likeness (QED) is 0.387. The molecule has 4 aromatic rings. The second-order valence-corrected chi connectivity index (χ2v) is 5.85. The van der Waals surface area contributed by atoms with Crippen molar-refractivity contribution < 1.29 is 0 Å². The van der Waals surface area contributed by atoms with Gasteiger partial charge in [0.05, 0.1) is 11.0 Å². The number of fused-ring (bicyclic) bond motifs is 3. The molecule has 0 atom stereocenters. The van der Waals surface area contributed by atoms with E-state index in [0.717, 1.165) is 0 Å². The minimum Gasteiger partial charge on any atom is -0.309 e. The standard InChI is InChI=1S/C23H19N/c1-2-3-5-10-18-15-16-23-21(17-18)20-13-8-9-14-22(20)24(23)19-11-6-4-7-12-19/h2-17H,1H3/b3-2-,10-5-. The van der Waals surface area contributed by atoms with Gasteiger partial charge in [-0.3, -0.25) is 0 Å². The number of hydrogen-bond donors (Lipinski definition) is 0. The van der Waals surface area contributed by atoms with E-state index in [-0.39, 0.29) is 0 Å². The van der Waals surface area contributed by atoms with Crippen LogP contribution in [-0.4, -0.2) is 4.57 Å². The Kier molecular flexibility index (Phi) is 3.76. The maximum atomic E-state index is 2.34. The Hall–Kier alpha value is -3.06. The smallest absolute Gasteiger partial charge is 0.0541 e. The number of allylic oxidation sites excluding steroid dienone is 3. The first-order valence-corrected chi connectivity index (χ1v) is 8.26. The highest BCUT2D eigenvalue weighted by atomic mass is 15.0. The Morgan fingerprint density at radius 2 is 1.46 bits per heavy atom. The summed E-state index contributed by atoms with van der Waals surface area (Å²) in [6, 6.07) is 25.8. The number of aromatic nitrogens is 1. The number of para-hydroxylation sites is 2. The molecule has 1 heteroatoms. The zero-order valence-corrected chi connectivity index (χ0v) is 13.7. The van der Waals surface area contributed by atoms with Crippen molar-refractivity contribution in [2.75, 3.05) is 0 Å². The van der Waals surface area contributed by atoms with Gasteiger partial charge in [0, 0.05) is 16.5 Å².